The molecule has 0 aromatic carbocycles. The van der Waals surface area contributed by atoms with Gasteiger partial charge in [0.25, 0.3) is 0 Å². The lowest BCUT2D eigenvalue weighted by Crippen LogP contribution is -2.44. The Morgan fingerprint density at radius 2 is 2.06 bits per heavy atom. The molecule has 1 amide bonds. The summed E-state index contributed by atoms with van der Waals surface area (Å²) in [6.45, 7) is 8.89. The molecule has 1 atom stereocenters. The quantitative estimate of drug-likeness (QED) is 0.584. The van der Waals surface area contributed by atoms with Crippen molar-refractivity contribution in [3.8, 4) is 0 Å². The molecule has 0 aromatic heterocycles. The SMILES string of the molecule is CCC(C)(CCO)NCCC(=O)NC(C)C. The van der Waals surface area contributed by atoms with Gasteiger partial charge in [0.15, 0.2) is 0 Å². The Bertz CT molecular complexity index is 207. The molecule has 0 heterocycles. The summed E-state index contributed by atoms with van der Waals surface area (Å²) in [6, 6.07) is 0.197. The molecule has 4 heteroatoms. The normalized spacial score (nSPS) is 14.9. The number of aliphatic hydroxyl groups excluding tert-OH is 1. The molecule has 0 fully saturated rings. The minimum atomic E-state index is -0.0626. The third-order valence-electron chi connectivity index (χ3n) is 2.80. The third kappa shape index (κ3) is 6.80. The number of hydrogen-bond donors (Lipinski definition) is 3. The number of hydrogen-bond acceptors (Lipinski definition) is 3. The fraction of sp³-hybridized carbons (Fsp3) is 0.917. The first-order valence-electron chi connectivity index (χ1n) is 6.09. The van der Waals surface area contributed by atoms with Crippen molar-refractivity contribution >= 4 is 5.91 Å². The number of rotatable bonds is 8. The molecule has 0 aliphatic heterocycles. The standard InChI is InChI=1S/C12H26N2O2/c1-5-12(4,7-9-15)13-8-6-11(16)14-10(2)3/h10,13,15H,5-9H2,1-4H3,(H,14,16). The number of amides is 1. The fourth-order valence-electron chi connectivity index (χ4n) is 1.51. The Labute approximate surface area is 98.8 Å². The number of carbonyl (C=O) groups is 1. The molecule has 96 valence electrons. The molecule has 0 radical (unpaired) electrons. The molecule has 0 spiro atoms. The van der Waals surface area contributed by atoms with Crippen LogP contribution in [0.15, 0.2) is 0 Å². The van der Waals surface area contributed by atoms with Crippen molar-refractivity contribution in [2.45, 2.75) is 58.5 Å². The molecule has 0 rings (SSSR count). The lowest BCUT2D eigenvalue weighted by Gasteiger charge is -2.29. The highest BCUT2D eigenvalue weighted by atomic mass is 16.3. The van der Waals surface area contributed by atoms with E-state index in [0.717, 1.165) is 12.8 Å². The van der Waals surface area contributed by atoms with Gasteiger partial charge in [0.05, 0.1) is 0 Å². The van der Waals surface area contributed by atoms with Gasteiger partial charge in [-0.05, 0) is 33.6 Å². The molecule has 0 aliphatic carbocycles. The van der Waals surface area contributed by atoms with E-state index in [0.29, 0.717) is 13.0 Å². The van der Waals surface area contributed by atoms with Crippen LogP contribution in [0.3, 0.4) is 0 Å². The summed E-state index contributed by atoms with van der Waals surface area (Å²) in [6.07, 6.45) is 2.15. The zero-order valence-corrected chi connectivity index (χ0v) is 11.0. The van der Waals surface area contributed by atoms with Crippen molar-refractivity contribution in [2.24, 2.45) is 0 Å². The van der Waals surface area contributed by atoms with E-state index in [1.165, 1.54) is 0 Å². The maximum Gasteiger partial charge on any atom is 0.221 e. The van der Waals surface area contributed by atoms with Gasteiger partial charge < -0.3 is 15.7 Å². The summed E-state index contributed by atoms with van der Waals surface area (Å²) in [4.78, 5) is 11.4. The van der Waals surface area contributed by atoms with Crippen LogP contribution in [0.2, 0.25) is 0 Å². The van der Waals surface area contributed by atoms with Gasteiger partial charge in [-0.1, -0.05) is 6.92 Å². The Morgan fingerprint density at radius 1 is 1.44 bits per heavy atom. The lowest BCUT2D eigenvalue weighted by atomic mass is 9.95. The predicted octanol–water partition coefficient (Wildman–Crippen LogP) is 1.04. The van der Waals surface area contributed by atoms with Crippen LogP contribution in [-0.4, -0.2) is 35.7 Å². The average Bonchev–Trinajstić information content (AvgIpc) is 2.17. The van der Waals surface area contributed by atoms with E-state index in [-0.39, 0.29) is 24.1 Å². The Morgan fingerprint density at radius 3 is 2.50 bits per heavy atom. The number of nitrogens with one attached hydrogen (secondary N) is 2. The van der Waals surface area contributed by atoms with Gasteiger partial charge in [-0.3, -0.25) is 4.79 Å². The van der Waals surface area contributed by atoms with Gasteiger partial charge in [-0.2, -0.15) is 0 Å². The monoisotopic (exact) mass is 230 g/mol. The highest BCUT2D eigenvalue weighted by molar-refractivity contribution is 5.76. The molecular weight excluding hydrogens is 204 g/mol. The average molecular weight is 230 g/mol. The van der Waals surface area contributed by atoms with Crippen molar-refractivity contribution in [3.05, 3.63) is 0 Å². The highest BCUT2D eigenvalue weighted by Crippen LogP contribution is 2.13. The molecule has 3 N–H and O–H groups in total. The summed E-state index contributed by atoms with van der Waals surface area (Å²) >= 11 is 0. The van der Waals surface area contributed by atoms with Crippen molar-refractivity contribution in [1.82, 2.24) is 10.6 Å². The molecule has 0 saturated carbocycles. The Hall–Kier alpha value is -0.610. The summed E-state index contributed by atoms with van der Waals surface area (Å²) in [5.74, 6) is 0.0740. The number of aliphatic hydroxyl groups is 1. The third-order valence-corrected chi connectivity index (χ3v) is 2.80. The Balaban J connectivity index is 3.82. The molecule has 0 saturated heterocycles. The fourth-order valence-corrected chi connectivity index (χ4v) is 1.51. The van der Waals surface area contributed by atoms with E-state index in [2.05, 4.69) is 24.5 Å². The van der Waals surface area contributed by atoms with Gasteiger partial charge in [0.2, 0.25) is 5.91 Å². The van der Waals surface area contributed by atoms with Crippen LogP contribution in [0.25, 0.3) is 0 Å². The zero-order chi connectivity index (χ0) is 12.6. The van der Waals surface area contributed by atoms with Gasteiger partial charge >= 0.3 is 0 Å². The summed E-state index contributed by atoms with van der Waals surface area (Å²) < 4.78 is 0. The van der Waals surface area contributed by atoms with Crippen molar-refractivity contribution in [3.63, 3.8) is 0 Å². The van der Waals surface area contributed by atoms with E-state index >= 15 is 0 Å². The van der Waals surface area contributed by atoms with E-state index < -0.39 is 0 Å². The van der Waals surface area contributed by atoms with E-state index in [1.807, 2.05) is 13.8 Å². The minimum Gasteiger partial charge on any atom is -0.396 e. The van der Waals surface area contributed by atoms with Crippen LogP contribution >= 0.6 is 0 Å². The van der Waals surface area contributed by atoms with Crippen LogP contribution in [0.1, 0.15) is 47.0 Å². The van der Waals surface area contributed by atoms with Gasteiger partial charge in [-0.25, -0.2) is 0 Å². The second-order valence-electron chi connectivity index (χ2n) is 4.79. The summed E-state index contributed by atoms with van der Waals surface area (Å²) in [7, 11) is 0. The molecule has 0 aliphatic rings. The van der Waals surface area contributed by atoms with Crippen LogP contribution in [-0.2, 0) is 4.79 Å². The second-order valence-corrected chi connectivity index (χ2v) is 4.79. The molecule has 4 nitrogen and oxygen atoms in total. The summed E-state index contributed by atoms with van der Waals surface area (Å²) in [5.41, 5.74) is -0.0626. The predicted molar refractivity (Wildman–Crippen MR) is 66.3 cm³/mol. The largest absolute Gasteiger partial charge is 0.396 e. The van der Waals surface area contributed by atoms with Crippen LogP contribution in [0.4, 0.5) is 0 Å². The topological polar surface area (TPSA) is 61.4 Å². The molecule has 0 bridgehead atoms. The second kappa shape index (κ2) is 7.63. The molecular formula is C12H26N2O2. The zero-order valence-electron chi connectivity index (χ0n) is 11.0. The molecule has 16 heavy (non-hydrogen) atoms. The highest BCUT2D eigenvalue weighted by Gasteiger charge is 2.20. The molecule has 0 aromatic rings. The van der Waals surface area contributed by atoms with Crippen LogP contribution < -0.4 is 10.6 Å². The van der Waals surface area contributed by atoms with Crippen molar-refractivity contribution in [1.29, 1.82) is 0 Å². The molecule has 1 unspecified atom stereocenters. The first-order chi connectivity index (χ1) is 7.43. The Kier molecular flexibility index (Phi) is 7.34. The summed E-state index contributed by atoms with van der Waals surface area (Å²) in [5, 5.41) is 15.1. The van der Waals surface area contributed by atoms with Crippen LogP contribution in [0.5, 0.6) is 0 Å². The number of carbonyl (C=O) groups excluding carboxylic acids is 1. The van der Waals surface area contributed by atoms with Crippen molar-refractivity contribution in [2.75, 3.05) is 13.2 Å². The smallest absolute Gasteiger partial charge is 0.221 e. The first-order valence-corrected chi connectivity index (χ1v) is 6.09. The van der Waals surface area contributed by atoms with Crippen molar-refractivity contribution < 1.29 is 9.90 Å². The lowest BCUT2D eigenvalue weighted by molar-refractivity contribution is -0.121. The van der Waals surface area contributed by atoms with Crippen LogP contribution in [0, 0.1) is 0 Å². The van der Waals surface area contributed by atoms with E-state index in [4.69, 9.17) is 5.11 Å². The maximum atomic E-state index is 11.4. The minimum absolute atomic E-state index is 0.0626. The van der Waals surface area contributed by atoms with Gasteiger partial charge in [0, 0.05) is 31.2 Å². The van der Waals surface area contributed by atoms with Gasteiger partial charge in [-0.15, -0.1) is 0 Å². The van der Waals surface area contributed by atoms with E-state index in [1.54, 1.807) is 0 Å². The van der Waals surface area contributed by atoms with Gasteiger partial charge in [0.1, 0.15) is 0 Å². The first kappa shape index (κ1) is 15.4. The van der Waals surface area contributed by atoms with E-state index in [9.17, 15) is 4.79 Å². The maximum absolute atomic E-state index is 11.4.